The quantitative estimate of drug-likeness (QED) is 0.102. The molecule has 2 aromatic heterocycles. The third kappa shape index (κ3) is 9.04. The molecule has 0 N–H and O–H groups in total. The number of terminal acetylenes is 1. The zero-order valence-electron chi connectivity index (χ0n) is 36.4. The number of hydrogen-bond acceptors (Lipinski definition) is 12. The highest BCUT2D eigenvalue weighted by atomic mass is 19.4. The molecule has 4 fully saturated rings. The van der Waals surface area contributed by atoms with Gasteiger partial charge >= 0.3 is 24.2 Å². The molecule has 4 aliphatic heterocycles. The third-order valence-electron chi connectivity index (χ3n) is 12.6. The number of nitrogens with zero attached hydrogens (tertiary/aromatic N) is 8. The van der Waals surface area contributed by atoms with Gasteiger partial charge in [-0.25, -0.2) is 13.6 Å². The first-order valence-electron chi connectivity index (χ1n) is 21.3. The standard InChI is InChI=1S/C45H51F5N8O6/c1-7-32-35(46)13-8-26-18-31(63-25-61-6)19-33(36(26)32)38-37(47)39-34(20-51-38)40(57-22-28-10-11-29(23-57)58(28)43(60)64-44(2,3)4)53-42(52-39)62-24-30-12-9-27(54(30)5)21-55-14-16-56(17-15-55)41(59)45(48,49)50/h1,8,13,18-20,27-30H,9-12,14-17,21-25H2,2-6H3. The minimum Gasteiger partial charge on any atom is -0.468 e. The first-order chi connectivity index (χ1) is 30.4. The number of fused-ring (bicyclic) bond motifs is 4. The van der Waals surface area contributed by atoms with Crippen LogP contribution in [0.2, 0.25) is 0 Å². The number of likely N-dealkylation sites (tertiary alicyclic amines) is 1. The number of piperazine rings is 2. The highest BCUT2D eigenvalue weighted by Gasteiger charge is 2.46. The van der Waals surface area contributed by atoms with E-state index >= 15 is 8.78 Å². The second-order valence-electron chi connectivity index (χ2n) is 17.8. The van der Waals surface area contributed by atoms with Crippen LogP contribution in [0.4, 0.5) is 32.6 Å². The Morgan fingerprint density at radius 1 is 0.938 bits per heavy atom. The maximum atomic E-state index is 17.4. The van der Waals surface area contributed by atoms with E-state index < -0.39 is 35.4 Å². The van der Waals surface area contributed by atoms with E-state index in [4.69, 9.17) is 30.4 Å². The fraction of sp³-hybridized carbons (Fsp3) is 0.533. The van der Waals surface area contributed by atoms with E-state index in [0.29, 0.717) is 55.1 Å². The van der Waals surface area contributed by atoms with Gasteiger partial charge in [0.15, 0.2) is 12.6 Å². The topological polar surface area (TPSA) is 126 Å². The molecule has 2 bridgehead atoms. The van der Waals surface area contributed by atoms with Crippen molar-refractivity contribution in [2.75, 3.05) is 78.3 Å². The summed E-state index contributed by atoms with van der Waals surface area (Å²) < 4.78 is 94.6. The largest absolute Gasteiger partial charge is 0.471 e. The Kier molecular flexibility index (Phi) is 12.5. The van der Waals surface area contributed by atoms with Crippen molar-refractivity contribution in [3.05, 3.63) is 47.7 Å². The van der Waals surface area contributed by atoms with Gasteiger partial charge in [-0.2, -0.15) is 23.1 Å². The predicted molar refractivity (Wildman–Crippen MR) is 227 cm³/mol. The van der Waals surface area contributed by atoms with Crippen LogP contribution in [0.1, 0.15) is 52.0 Å². The Bertz CT molecular complexity index is 2460. The molecule has 14 nitrogen and oxygen atoms in total. The summed E-state index contributed by atoms with van der Waals surface area (Å²) >= 11 is 0. The number of carbonyl (C=O) groups excluding carboxylic acids is 2. The third-order valence-corrected chi connectivity index (χ3v) is 12.6. The number of benzene rings is 2. The van der Waals surface area contributed by atoms with E-state index in [9.17, 15) is 22.8 Å². The van der Waals surface area contributed by atoms with E-state index in [2.05, 4.69) is 25.7 Å². The lowest BCUT2D eigenvalue weighted by Gasteiger charge is -2.42. The number of ether oxygens (including phenoxy) is 4. The summed E-state index contributed by atoms with van der Waals surface area (Å²) in [5, 5.41) is 1.05. The van der Waals surface area contributed by atoms with Gasteiger partial charge in [-0.15, -0.1) is 6.42 Å². The fourth-order valence-electron chi connectivity index (χ4n) is 9.45. The summed E-state index contributed by atoms with van der Waals surface area (Å²) in [4.78, 5) is 48.1. The monoisotopic (exact) mass is 894 g/mol. The number of aromatic nitrogens is 3. The molecular formula is C45H51F5N8O6. The molecule has 342 valence electrons. The SMILES string of the molecule is C#Cc1c(F)ccc2cc(OCOC)cc(-c3ncc4c(N5CC6CCC(C5)N6C(=O)OC(C)(C)C)nc(OCC5CCC(CN6CCN(C(=O)C(F)(F)F)CC6)N5C)nc4c3F)c12. The average Bonchev–Trinajstić information content (AvgIpc) is 3.74. The van der Waals surface area contributed by atoms with Crippen molar-refractivity contribution in [2.45, 2.75) is 82.4 Å². The minimum atomic E-state index is -4.90. The summed E-state index contributed by atoms with van der Waals surface area (Å²) in [6.45, 7) is 7.53. The van der Waals surface area contributed by atoms with Crippen molar-refractivity contribution in [3.8, 4) is 35.4 Å². The molecule has 0 spiro atoms. The maximum Gasteiger partial charge on any atom is 0.471 e. The zero-order valence-corrected chi connectivity index (χ0v) is 36.4. The second-order valence-corrected chi connectivity index (χ2v) is 17.8. The average molecular weight is 895 g/mol. The lowest BCUT2D eigenvalue weighted by molar-refractivity contribution is -0.187. The lowest BCUT2D eigenvalue weighted by Crippen LogP contribution is -2.57. The van der Waals surface area contributed by atoms with E-state index in [1.54, 1.807) is 11.0 Å². The molecule has 4 saturated heterocycles. The Hall–Kier alpha value is -5.58. The highest BCUT2D eigenvalue weighted by Crippen LogP contribution is 2.41. The van der Waals surface area contributed by atoms with Gasteiger partial charge in [0.25, 0.3) is 0 Å². The predicted octanol–water partition coefficient (Wildman–Crippen LogP) is 6.22. The van der Waals surface area contributed by atoms with Crippen molar-refractivity contribution < 1.29 is 50.5 Å². The van der Waals surface area contributed by atoms with Crippen LogP contribution in [0.25, 0.3) is 32.9 Å². The Labute approximate surface area is 367 Å². The molecule has 19 heteroatoms. The molecule has 4 atom stereocenters. The van der Waals surface area contributed by atoms with E-state index in [1.165, 1.54) is 31.5 Å². The van der Waals surface area contributed by atoms with Gasteiger partial charge in [0, 0.05) is 82.2 Å². The van der Waals surface area contributed by atoms with Crippen LogP contribution in [0.15, 0.2) is 30.5 Å². The maximum absolute atomic E-state index is 17.4. The number of pyridine rings is 1. The van der Waals surface area contributed by atoms with Crippen LogP contribution in [0.5, 0.6) is 11.8 Å². The van der Waals surface area contributed by atoms with Gasteiger partial charge < -0.3 is 28.7 Å². The van der Waals surface area contributed by atoms with Crippen LogP contribution in [-0.2, 0) is 14.3 Å². The number of halogens is 5. The molecule has 4 aliphatic rings. The van der Waals surface area contributed by atoms with Crippen LogP contribution < -0.4 is 14.4 Å². The summed E-state index contributed by atoms with van der Waals surface area (Å²) in [7, 11) is 3.42. The number of alkyl halides is 3. The summed E-state index contributed by atoms with van der Waals surface area (Å²) in [6, 6.07) is 5.44. The van der Waals surface area contributed by atoms with E-state index in [1.807, 2.05) is 32.7 Å². The molecule has 8 rings (SSSR count). The number of anilines is 1. The normalized spacial score (nSPS) is 22.0. The van der Waals surface area contributed by atoms with E-state index in [-0.39, 0.29) is 84.4 Å². The molecule has 6 heterocycles. The van der Waals surface area contributed by atoms with Crippen LogP contribution in [0, 0.1) is 24.0 Å². The minimum absolute atomic E-state index is 0.000491. The molecule has 4 aromatic rings. The van der Waals surface area contributed by atoms with Crippen molar-refractivity contribution in [1.29, 1.82) is 0 Å². The molecule has 64 heavy (non-hydrogen) atoms. The molecule has 0 aliphatic carbocycles. The fourth-order valence-corrected chi connectivity index (χ4v) is 9.45. The molecule has 2 aromatic carbocycles. The number of methoxy groups -OCH3 is 1. The molecule has 2 amide bonds. The van der Waals surface area contributed by atoms with Crippen LogP contribution >= 0.6 is 0 Å². The molecule has 0 radical (unpaired) electrons. The highest BCUT2D eigenvalue weighted by molar-refractivity contribution is 6.03. The van der Waals surface area contributed by atoms with Gasteiger partial charge in [-0.3, -0.25) is 24.5 Å². The summed E-state index contributed by atoms with van der Waals surface area (Å²) in [5.41, 5.74) is -0.830. The van der Waals surface area contributed by atoms with Gasteiger partial charge in [-0.05, 0) is 77.1 Å². The van der Waals surface area contributed by atoms with Gasteiger partial charge in [0.2, 0.25) is 0 Å². The van der Waals surface area contributed by atoms with Crippen LogP contribution in [0.3, 0.4) is 0 Å². The Morgan fingerprint density at radius 3 is 2.30 bits per heavy atom. The number of rotatable bonds is 10. The molecule has 0 saturated carbocycles. The second kappa shape index (κ2) is 17.8. The van der Waals surface area contributed by atoms with Gasteiger partial charge in [-0.1, -0.05) is 12.0 Å². The van der Waals surface area contributed by atoms with Crippen molar-refractivity contribution >= 4 is 39.5 Å². The van der Waals surface area contributed by atoms with Gasteiger partial charge in [0.1, 0.15) is 40.8 Å². The number of carbonyl (C=O) groups is 2. The zero-order chi connectivity index (χ0) is 45.7. The Morgan fingerprint density at radius 2 is 1.64 bits per heavy atom. The smallest absolute Gasteiger partial charge is 0.468 e. The van der Waals surface area contributed by atoms with Crippen molar-refractivity contribution in [3.63, 3.8) is 0 Å². The first-order valence-corrected chi connectivity index (χ1v) is 21.3. The summed E-state index contributed by atoms with van der Waals surface area (Å²) in [6.07, 6.45) is 5.02. The number of likely N-dealkylation sites (N-methyl/N-ethyl adjacent to an activating group) is 1. The number of amides is 2. The van der Waals surface area contributed by atoms with Crippen LogP contribution in [-0.4, -0.2) is 156 Å². The Balaban J connectivity index is 1.10. The molecule has 4 unspecified atom stereocenters. The van der Waals surface area contributed by atoms with Gasteiger partial charge in [0.05, 0.1) is 23.0 Å². The lowest BCUT2D eigenvalue weighted by atomic mass is 9.95. The first kappa shape index (κ1) is 45.0. The number of hydrogen-bond donors (Lipinski definition) is 0. The van der Waals surface area contributed by atoms with E-state index in [0.717, 1.165) is 30.6 Å². The molecular weight excluding hydrogens is 844 g/mol. The van der Waals surface area contributed by atoms with Crippen molar-refractivity contribution in [1.82, 2.24) is 34.6 Å². The van der Waals surface area contributed by atoms with Crippen molar-refractivity contribution in [2.24, 2.45) is 0 Å². The summed E-state index contributed by atoms with van der Waals surface area (Å²) in [5.74, 6) is -0.208.